The summed E-state index contributed by atoms with van der Waals surface area (Å²) in [5.41, 5.74) is 17.8. The van der Waals surface area contributed by atoms with E-state index in [1.165, 1.54) is 39.1 Å². The number of fused-ring (bicyclic) bond motifs is 8. The molecule has 0 amide bonds. The third-order valence-electron chi connectivity index (χ3n) is 15.8. The molecule has 0 unspecified atom stereocenters. The molecule has 5 nitrogen and oxygen atoms in total. The molecule has 0 radical (unpaired) electrons. The molecule has 0 saturated carbocycles. The Morgan fingerprint density at radius 1 is 0.537 bits per heavy atom. The number of para-hydroxylation sites is 5. The van der Waals surface area contributed by atoms with E-state index >= 15 is 0 Å². The van der Waals surface area contributed by atoms with Crippen LogP contribution in [0.2, 0.25) is 0 Å². The molecule has 0 bridgehead atoms. The average Bonchev–Trinajstić information content (AvgIpc) is 1.77. The van der Waals surface area contributed by atoms with Gasteiger partial charge in [-0.3, -0.25) is 9.97 Å². The van der Waals surface area contributed by atoms with E-state index in [0.29, 0.717) is 28.6 Å². The number of imidazole rings is 2. The number of hydrogen-bond acceptors (Lipinski definition) is 2. The number of furan rings is 1. The zero-order valence-corrected chi connectivity index (χ0v) is 49.6. The van der Waals surface area contributed by atoms with Gasteiger partial charge in [0, 0.05) is 16.8 Å². The van der Waals surface area contributed by atoms with Crippen LogP contribution in [0.25, 0.3) is 122 Å². The smallest absolute Gasteiger partial charge is 0.501 e. The number of nitrogens with zero attached hydrogens (tertiary/aromatic N) is 4. The van der Waals surface area contributed by atoms with E-state index in [1.807, 2.05) is 72.8 Å². The van der Waals surface area contributed by atoms with Crippen LogP contribution in [-0.2, 0) is 20.1 Å². The van der Waals surface area contributed by atoms with Gasteiger partial charge in [-0.15, -0.1) is 54.1 Å². The molecule has 14 aromatic rings. The fraction of sp³-hybridized carbons (Fsp3) is 0.158. The summed E-state index contributed by atoms with van der Waals surface area (Å²) in [6, 6.07) is 69.9. The van der Waals surface area contributed by atoms with E-state index in [9.17, 15) is 0 Å². The first-order chi connectivity index (χ1) is 41.6. The molecule has 402 valence electrons. The molecule has 0 atom stereocenters. The van der Waals surface area contributed by atoms with E-state index in [0.717, 1.165) is 82.8 Å². The third kappa shape index (κ3) is 9.54. The van der Waals surface area contributed by atoms with Crippen molar-refractivity contribution >= 4 is 65.6 Å². The molecule has 0 N–H and O–H groups in total. The maximum Gasteiger partial charge on any atom is 3.00 e. The minimum atomic E-state index is -0.413. The van der Waals surface area contributed by atoms with Gasteiger partial charge in [-0.25, -0.2) is 0 Å². The molecular weight excluding hydrogens is 1180 g/mol. The third-order valence-corrected chi connectivity index (χ3v) is 15.8. The van der Waals surface area contributed by atoms with Gasteiger partial charge in [-0.05, 0) is 144 Å². The van der Waals surface area contributed by atoms with Crippen LogP contribution < -0.4 is 9.55 Å². The van der Waals surface area contributed by atoms with Crippen LogP contribution in [0.5, 0.6) is 0 Å². The van der Waals surface area contributed by atoms with E-state index < -0.39 is 6.04 Å². The summed E-state index contributed by atoms with van der Waals surface area (Å²) in [7, 11) is 0. The molecule has 6 heteroatoms. The zero-order chi connectivity index (χ0) is 59.8. The topological polar surface area (TPSA) is 48.9 Å². The van der Waals surface area contributed by atoms with Crippen molar-refractivity contribution in [2.24, 2.45) is 0 Å². The quantitative estimate of drug-likeness (QED) is 0.0779. The predicted octanol–water partition coefficient (Wildman–Crippen LogP) is 20.1. The molecule has 14 rings (SSSR count). The predicted molar refractivity (Wildman–Crippen MR) is 338 cm³/mol. The molecular formula is C76H64IrN4O+. The van der Waals surface area contributed by atoms with Crippen LogP contribution in [-0.4, -0.2) is 9.55 Å². The van der Waals surface area contributed by atoms with Crippen LogP contribution in [0.4, 0.5) is 0 Å². The standard InChI is InChI=1S/C51H39N2O.C25H25N2.Ir/c1-31(2)41-26-35(33-16-7-5-8-17-33)27-42(32(3)4)49(41)53-47-25-14-13-24-46(47)52-51(53)40-23-15-22-39-45-30-44-36(29-48(45)54-50(39)40)28-43(34-18-9-6-10-19-34)37-20-11-12-21-38(37)44;1-17(2)20-13-10-14-21(18(3)4)24(20)27-23-16-9-8-15-22(23)26-25(27)19-11-6-5-7-12-19;/h5-22,24-32H,1-4H3;5-11,13-18H,1-4H3;/q2*-1;+3/i6D,9D,10D,18D,19D;;. The second-order valence-corrected chi connectivity index (χ2v) is 22.3. The summed E-state index contributed by atoms with van der Waals surface area (Å²) in [6.45, 7) is 18.0. The van der Waals surface area contributed by atoms with Gasteiger partial charge >= 0.3 is 20.1 Å². The van der Waals surface area contributed by atoms with E-state index in [2.05, 4.69) is 192 Å². The summed E-state index contributed by atoms with van der Waals surface area (Å²) in [5.74, 6) is 2.96. The van der Waals surface area contributed by atoms with Crippen molar-refractivity contribution in [3.63, 3.8) is 0 Å². The average molecular weight is 1250 g/mol. The summed E-state index contributed by atoms with van der Waals surface area (Å²) >= 11 is 0. The summed E-state index contributed by atoms with van der Waals surface area (Å²) in [4.78, 5) is 10.3. The van der Waals surface area contributed by atoms with Gasteiger partial charge in [0.1, 0.15) is 5.58 Å². The van der Waals surface area contributed by atoms with Crippen molar-refractivity contribution in [1.29, 1.82) is 0 Å². The minimum absolute atomic E-state index is 0. The van der Waals surface area contributed by atoms with Crippen molar-refractivity contribution in [3.05, 3.63) is 253 Å². The largest absolute Gasteiger partial charge is 3.00 e. The van der Waals surface area contributed by atoms with Crippen LogP contribution in [0.3, 0.4) is 0 Å². The van der Waals surface area contributed by atoms with Crippen LogP contribution in [0, 0.1) is 12.1 Å². The molecule has 0 aliphatic rings. The Morgan fingerprint density at radius 3 is 1.90 bits per heavy atom. The fourth-order valence-corrected chi connectivity index (χ4v) is 11.9. The molecule has 0 fully saturated rings. The molecule has 3 aromatic heterocycles. The molecule has 82 heavy (non-hydrogen) atoms. The summed E-state index contributed by atoms with van der Waals surface area (Å²) in [5, 5.41) is 5.37. The van der Waals surface area contributed by atoms with Gasteiger partial charge < -0.3 is 13.6 Å². The number of benzene rings is 11. The second-order valence-electron chi connectivity index (χ2n) is 22.3. The number of hydrogen-bond donors (Lipinski definition) is 0. The van der Waals surface area contributed by atoms with Crippen LogP contribution in [0.15, 0.2) is 223 Å². The molecule has 0 aliphatic heterocycles. The van der Waals surface area contributed by atoms with Crippen LogP contribution in [0.1, 0.15) is 108 Å². The summed E-state index contributed by atoms with van der Waals surface area (Å²) < 4.78 is 54.1. The monoisotopic (exact) mass is 1250 g/mol. The van der Waals surface area contributed by atoms with Gasteiger partial charge in [-0.1, -0.05) is 194 Å². The first-order valence-corrected chi connectivity index (χ1v) is 28.2. The summed E-state index contributed by atoms with van der Waals surface area (Å²) in [6.07, 6.45) is 0. The van der Waals surface area contributed by atoms with Gasteiger partial charge in [0.15, 0.2) is 0 Å². The normalized spacial score (nSPS) is 12.6. The van der Waals surface area contributed by atoms with Gasteiger partial charge in [0.25, 0.3) is 0 Å². The maximum atomic E-state index is 8.81. The fourth-order valence-electron chi connectivity index (χ4n) is 11.9. The van der Waals surface area contributed by atoms with Gasteiger partial charge in [-0.2, -0.15) is 0 Å². The second kappa shape index (κ2) is 22.3. The first-order valence-electron chi connectivity index (χ1n) is 30.7. The number of rotatable bonds is 10. The first kappa shape index (κ1) is 48.1. The van der Waals surface area contributed by atoms with Crippen molar-refractivity contribution in [2.75, 3.05) is 0 Å². The molecule has 0 aliphatic carbocycles. The molecule has 11 aromatic carbocycles. The van der Waals surface area contributed by atoms with Crippen molar-refractivity contribution in [1.82, 2.24) is 14.5 Å². The number of aromatic nitrogens is 4. The van der Waals surface area contributed by atoms with E-state index in [-0.39, 0.29) is 61.7 Å². The Labute approximate surface area is 501 Å². The minimum Gasteiger partial charge on any atom is -0.501 e. The van der Waals surface area contributed by atoms with Crippen LogP contribution >= 0.6 is 0 Å². The Bertz CT molecular complexity index is 4880. The van der Waals surface area contributed by atoms with Gasteiger partial charge in [0.05, 0.1) is 46.2 Å². The van der Waals surface area contributed by atoms with E-state index in [1.54, 1.807) is 0 Å². The van der Waals surface area contributed by atoms with Gasteiger partial charge in [0.2, 0.25) is 0 Å². The maximum absolute atomic E-state index is 8.81. The zero-order valence-electron chi connectivity index (χ0n) is 52.2. The van der Waals surface area contributed by atoms with Crippen molar-refractivity contribution in [2.45, 2.75) is 79.1 Å². The Hall–Kier alpha value is -8.67. The SMILES string of the molecule is CC(C)c1cccc(C(C)C)c1-n1c(-c2[c-]cccc2)nc2ccccc21.[2H]c1c([2H])c([2H])c(-c2cc3cc4oc5c(-c6[n-]c7ccccc7[n+]6-c6c(C(C)C)cc(-c7ccccc7)cc6C(C)C)[c-]ccc5c4cc3c3ccccc23)c([2H])c1[2H].[Ir+3]. The van der Waals surface area contributed by atoms with Crippen molar-refractivity contribution in [3.8, 4) is 56.4 Å². The molecule has 0 spiro atoms. The Kier molecular flexibility index (Phi) is 13.1. The Morgan fingerprint density at radius 2 is 1.20 bits per heavy atom. The molecule has 3 heterocycles. The van der Waals surface area contributed by atoms with E-state index in [4.69, 9.17) is 21.2 Å². The Balaban J connectivity index is 0.000000221. The van der Waals surface area contributed by atoms with Crippen molar-refractivity contribution < 1.29 is 35.9 Å². The molecule has 0 saturated heterocycles.